The van der Waals surface area contributed by atoms with Crippen molar-refractivity contribution >= 4 is 5.91 Å². The highest BCUT2D eigenvalue weighted by molar-refractivity contribution is 5.95. The second-order valence-corrected chi connectivity index (χ2v) is 2.95. The third-order valence-electron chi connectivity index (χ3n) is 1.72. The highest BCUT2D eigenvalue weighted by Crippen LogP contribution is 2.20. The fourth-order valence-corrected chi connectivity index (χ4v) is 1.08. The van der Waals surface area contributed by atoms with Gasteiger partial charge in [0.15, 0.2) is 0 Å². The molecule has 78 valence electrons. The maximum atomic E-state index is 11.4. The quantitative estimate of drug-likeness (QED) is 0.506. The lowest BCUT2D eigenvalue weighted by Crippen LogP contribution is -2.24. The van der Waals surface area contributed by atoms with Crippen molar-refractivity contribution in [3.05, 3.63) is 23.8 Å². The van der Waals surface area contributed by atoms with Gasteiger partial charge < -0.3 is 15.5 Å². The number of aromatic hydroxyl groups is 2. The van der Waals surface area contributed by atoms with Crippen LogP contribution in [0.25, 0.3) is 0 Å². The van der Waals surface area contributed by atoms with E-state index in [4.69, 9.17) is 16.6 Å². The summed E-state index contributed by atoms with van der Waals surface area (Å²) in [4.78, 5) is 11.4. The number of carbonyl (C=O) groups excluding carboxylic acids is 1. The molecule has 0 aromatic heterocycles. The summed E-state index contributed by atoms with van der Waals surface area (Å²) in [6.07, 6.45) is 5.46. The molecular weight excluding hydrogens is 194 g/mol. The van der Waals surface area contributed by atoms with Crippen LogP contribution in [-0.2, 0) is 0 Å². The largest absolute Gasteiger partial charge is 0.508 e. The average molecular weight is 205 g/mol. The third kappa shape index (κ3) is 3.24. The van der Waals surface area contributed by atoms with E-state index in [9.17, 15) is 4.79 Å². The summed E-state index contributed by atoms with van der Waals surface area (Å²) < 4.78 is 0. The Bertz CT molecular complexity index is 387. The Hall–Kier alpha value is -2.15. The first-order valence-electron chi connectivity index (χ1n) is 4.38. The summed E-state index contributed by atoms with van der Waals surface area (Å²) in [5, 5.41) is 20.8. The molecule has 0 bridgehead atoms. The van der Waals surface area contributed by atoms with Gasteiger partial charge in [0.1, 0.15) is 11.5 Å². The van der Waals surface area contributed by atoms with Crippen molar-refractivity contribution < 1.29 is 15.0 Å². The average Bonchev–Trinajstić information content (AvgIpc) is 2.16. The van der Waals surface area contributed by atoms with Crippen LogP contribution in [0.4, 0.5) is 0 Å². The smallest absolute Gasteiger partial charge is 0.251 e. The van der Waals surface area contributed by atoms with Crippen LogP contribution < -0.4 is 5.32 Å². The van der Waals surface area contributed by atoms with Crippen molar-refractivity contribution in [1.82, 2.24) is 5.32 Å². The van der Waals surface area contributed by atoms with Crippen molar-refractivity contribution in [2.24, 2.45) is 0 Å². The number of carbonyl (C=O) groups is 1. The number of hydrogen-bond acceptors (Lipinski definition) is 3. The summed E-state index contributed by atoms with van der Waals surface area (Å²) in [5.41, 5.74) is 0.199. The highest BCUT2D eigenvalue weighted by atomic mass is 16.3. The van der Waals surface area contributed by atoms with Gasteiger partial charge in [-0.1, -0.05) is 0 Å². The topological polar surface area (TPSA) is 69.6 Å². The fraction of sp³-hybridized carbons (Fsp3) is 0.182. The van der Waals surface area contributed by atoms with Crippen molar-refractivity contribution in [3.8, 4) is 23.8 Å². The molecule has 0 spiro atoms. The van der Waals surface area contributed by atoms with E-state index in [1.54, 1.807) is 0 Å². The Kier molecular flexibility index (Phi) is 3.58. The third-order valence-corrected chi connectivity index (χ3v) is 1.72. The van der Waals surface area contributed by atoms with E-state index in [2.05, 4.69) is 11.2 Å². The van der Waals surface area contributed by atoms with Gasteiger partial charge in [0, 0.05) is 24.6 Å². The van der Waals surface area contributed by atoms with Crippen LogP contribution in [0.2, 0.25) is 0 Å². The molecule has 0 unspecified atom stereocenters. The minimum atomic E-state index is -0.378. The van der Waals surface area contributed by atoms with Gasteiger partial charge >= 0.3 is 0 Å². The lowest BCUT2D eigenvalue weighted by atomic mass is 10.2. The van der Waals surface area contributed by atoms with Gasteiger partial charge in [-0.15, -0.1) is 12.3 Å². The number of amides is 1. The zero-order valence-corrected chi connectivity index (χ0v) is 8.03. The second-order valence-electron chi connectivity index (χ2n) is 2.95. The number of phenolic OH excluding ortho intramolecular Hbond substituents is 2. The molecule has 1 aromatic carbocycles. The first kappa shape index (κ1) is 10.9. The summed E-state index contributed by atoms with van der Waals surface area (Å²) >= 11 is 0. The number of nitrogens with one attached hydrogen (secondary N) is 1. The normalized spacial score (nSPS) is 9.27. The van der Waals surface area contributed by atoms with Crippen molar-refractivity contribution in [2.45, 2.75) is 6.42 Å². The van der Waals surface area contributed by atoms with Crippen molar-refractivity contribution in [1.29, 1.82) is 0 Å². The summed E-state index contributed by atoms with van der Waals surface area (Å²) in [6.45, 7) is 0.367. The molecule has 0 heterocycles. The molecule has 4 heteroatoms. The van der Waals surface area contributed by atoms with Crippen LogP contribution in [0, 0.1) is 12.3 Å². The van der Waals surface area contributed by atoms with Gasteiger partial charge in [-0.25, -0.2) is 0 Å². The second kappa shape index (κ2) is 4.91. The Morgan fingerprint density at radius 1 is 1.33 bits per heavy atom. The van der Waals surface area contributed by atoms with E-state index in [0.29, 0.717) is 13.0 Å². The molecule has 4 nitrogen and oxygen atoms in total. The summed E-state index contributed by atoms with van der Waals surface area (Å²) in [7, 11) is 0. The molecule has 1 rings (SSSR count). The SMILES string of the molecule is C#CCCNC(=O)c1cc(O)cc(O)c1. The van der Waals surface area contributed by atoms with E-state index in [1.807, 2.05) is 0 Å². The first-order chi connectivity index (χ1) is 7.13. The van der Waals surface area contributed by atoms with Gasteiger partial charge in [-0.05, 0) is 12.1 Å². The number of rotatable bonds is 3. The Morgan fingerprint density at radius 2 is 1.93 bits per heavy atom. The minimum Gasteiger partial charge on any atom is -0.508 e. The monoisotopic (exact) mass is 205 g/mol. The predicted molar refractivity (Wildman–Crippen MR) is 55.6 cm³/mol. The highest BCUT2D eigenvalue weighted by Gasteiger charge is 2.07. The van der Waals surface area contributed by atoms with E-state index >= 15 is 0 Å². The van der Waals surface area contributed by atoms with Crippen molar-refractivity contribution in [2.75, 3.05) is 6.54 Å². The Morgan fingerprint density at radius 3 is 2.47 bits per heavy atom. The number of terminal acetylenes is 1. The van der Waals surface area contributed by atoms with Crippen LogP contribution in [0.3, 0.4) is 0 Å². The molecule has 3 N–H and O–H groups in total. The van der Waals surface area contributed by atoms with Crippen LogP contribution in [0.1, 0.15) is 16.8 Å². The Balaban J connectivity index is 2.70. The molecule has 0 radical (unpaired) electrons. The zero-order valence-electron chi connectivity index (χ0n) is 8.03. The van der Waals surface area contributed by atoms with Gasteiger partial charge in [-0.3, -0.25) is 4.79 Å². The van der Waals surface area contributed by atoms with Crippen LogP contribution in [0.15, 0.2) is 18.2 Å². The molecule has 0 saturated carbocycles. The van der Waals surface area contributed by atoms with E-state index in [1.165, 1.54) is 12.1 Å². The van der Waals surface area contributed by atoms with E-state index in [0.717, 1.165) is 6.07 Å². The standard InChI is InChI=1S/C11H11NO3/c1-2-3-4-12-11(15)8-5-9(13)7-10(14)6-8/h1,5-7,13-14H,3-4H2,(H,12,15). The van der Waals surface area contributed by atoms with Crippen molar-refractivity contribution in [3.63, 3.8) is 0 Å². The van der Waals surface area contributed by atoms with Gasteiger partial charge in [0.05, 0.1) is 0 Å². The fourth-order valence-electron chi connectivity index (χ4n) is 1.08. The molecule has 0 aliphatic rings. The molecule has 0 saturated heterocycles. The Labute approximate surface area is 87.6 Å². The maximum absolute atomic E-state index is 11.4. The van der Waals surface area contributed by atoms with Gasteiger partial charge in [0.25, 0.3) is 5.91 Å². The molecule has 15 heavy (non-hydrogen) atoms. The lowest BCUT2D eigenvalue weighted by Gasteiger charge is -2.04. The molecular formula is C11H11NO3. The summed E-state index contributed by atoms with van der Waals surface area (Å²) in [6, 6.07) is 3.69. The number of benzene rings is 1. The molecule has 1 amide bonds. The van der Waals surface area contributed by atoms with E-state index in [-0.39, 0.29) is 23.0 Å². The minimum absolute atomic E-state index is 0.155. The molecule has 0 atom stereocenters. The van der Waals surface area contributed by atoms with Crippen LogP contribution >= 0.6 is 0 Å². The zero-order chi connectivity index (χ0) is 11.3. The molecule has 1 aromatic rings. The predicted octanol–water partition coefficient (Wildman–Crippen LogP) is 0.851. The van der Waals surface area contributed by atoms with Gasteiger partial charge in [-0.2, -0.15) is 0 Å². The number of phenols is 2. The molecule has 0 fully saturated rings. The lowest BCUT2D eigenvalue weighted by molar-refractivity contribution is 0.0953. The van der Waals surface area contributed by atoms with E-state index < -0.39 is 0 Å². The molecule has 0 aliphatic carbocycles. The first-order valence-corrected chi connectivity index (χ1v) is 4.38. The van der Waals surface area contributed by atoms with Crippen LogP contribution in [-0.4, -0.2) is 22.7 Å². The van der Waals surface area contributed by atoms with Crippen LogP contribution in [0.5, 0.6) is 11.5 Å². The maximum Gasteiger partial charge on any atom is 0.251 e. The summed E-state index contributed by atoms with van der Waals surface area (Å²) in [5.74, 6) is 1.69. The number of hydrogen-bond donors (Lipinski definition) is 3. The van der Waals surface area contributed by atoms with Gasteiger partial charge in [0.2, 0.25) is 0 Å². The molecule has 0 aliphatic heterocycles.